The van der Waals surface area contributed by atoms with E-state index in [-0.39, 0.29) is 11.4 Å². The van der Waals surface area contributed by atoms with E-state index in [4.69, 9.17) is 9.47 Å². The summed E-state index contributed by atoms with van der Waals surface area (Å²) in [6.45, 7) is 5.38. The molecule has 3 atom stereocenters. The molecule has 34 heavy (non-hydrogen) atoms. The maximum absolute atomic E-state index is 13.3. The minimum Gasteiger partial charge on any atom is -0.496 e. The first-order chi connectivity index (χ1) is 15.8. The number of amides is 2. The maximum atomic E-state index is 13.3. The molecule has 2 amide bonds. The fourth-order valence-corrected chi connectivity index (χ4v) is 4.06. The average Bonchev–Trinajstić information content (AvgIpc) is 3.06. The Balaban J connectivity index is 1.90. The van der Waals surface area contributed by atoms with Crippen LogP contribution >= 0.6 is 0 Å². The van der Waals surface area contributed by atoms with E-state index in [1.165, 1.54) is 19.2 Å². The van der Waals surface area contributed by atoms with Gasteiger partial charge in [-0.2, -0.15) is 13.2 Å². The molecule has 2 aromatic carbocycles. The molecule has 0 saturated heterocycles. The van der Waals surface area contributed by atoms with Gasteiger partial charge in [0.25, 0.3) is 0 Å². The second-order valence-electron chi connectivity index (χ2n) is 9.22. The number of aliphatic hydroxyl groups is 2. The molecule has 1 aliphatic carbocycles. The van der Waals surface area contributed by atoms with Crippen molar-refractivity contribution in [1.29, 1.82) is 0 Å². The number of fused-ring (bicyclic) bond motifs is 1. The second-order valence-corrected chi connectivity index (χ2v) is 9.22. The van der Waals surface area contributed by atoms with Crippen LogP contribution in [0.3, 0.4) is 0 Å². The summed E-state index contributed by atoms with van der Waals surface area (Å²) in [5, 5.41) is 25.8. The lowest BCUT2D eigenvalue weighted by Crippen LogP contribution is -2.40. The molecule has 1 unspecified atom stereocenters. The van der Waals surface area contributed by atoms with Crippen molar-refractivity contribution < 1.29 is 37.7 Å². The first-order valence-corrected chi connectivity index (χ1v) is 10.7. The van der Waals surface area contributed by atoms with Gasteiger partial charge in [-0.3, -0.25) is 0 Å². The normalized spacial score (nSPS) is 18.8. The Hall–Kier alpha value is -2.98. The van der Waals surface area contributed by atoms with Crippen LogP contribution in [0.4, 0.5) is 23.7 Å². The lowest BCUT2D eigenvalue weighted by atomic mass is 9.84. The van der Waals surface area contributed by atoms with E-state index < -0.39 is 41.4 Å². The molecule has 1 aliphatic rings. The topological polar surface area (TPSA) is 100 Å². The van der Waals surface area contributed by atoms with Gasteiger partial charge in [0.2, 0.25) is 0 Å². The molecular formula is C24H29F3N2O5. The number of hydrogen-bond donors (Lipinski definition) is 4. The number of halogens is 3. The lowest BCUT2D eigenvalue weighted by Gasteiger charge is -2.26. The van der Waals surface area contributed by atoms with Crippen LogP contribution in [0.15, 0.2) is 30.3 Å². The Morgan fingerprint density at radius 3 is 2.38 bits per heavy atom. The van der Waals surface area contributed by atoms with E-state index in [0.717, 1.165) is 12.7 Å². The number of rotatable bonds is 5. The van der Waals surface area contributed by atoms with Crippen molar-refractivity contribution in [3.8, 4) is 11.5 Å². The Morgan fingerprint density at radius 1 is 1.15 bits per heavy atom. The molecule has 7 nitrogen and oxygen atoms in total. The summed E-state index contributed by atoms with van der Waals surface area (Å²) in [4.78, 5) is 12.8. The highest BCUT2D eigenvalue weighted by molar-refractivity contribution is 5.92. The third-order valence-electron chi connectivity index (χ3n) is 5.87. The molecule has 0 bridgehead atoms. The van der Waals surface area contributed by atoms with Gasteiger partial charge in [-0.15, -0.1) is 0 Å². The van der Waals surface area contributed by atoms with Gasteiger partial charge in [-0.1, -0.05) is 32.9 Å². The molecule has 186 valence electrons. The van der Waals surface area contributed by atoms with Gasteiger partial charge < -0.3 is 30.3 Å². The number of ether oxygens (including phenoxy) is 2. The highest BCUT2D eigenvalue weighted by Gasteiger charge is 2.42. The first-order valence-electron chi connectivity index (χ1n) is 10.7. The van der Waals surface area contributed by atoms with Gasteiger partial charge in [0.1, 0.15) is 11.5 Å². The van der Waals surface area contributed by atoms with E-state index >= 15 is 0 Å². The molecule has 0 spiro atoms. The SMILES string of the molecule is COc1cccc2c1C[C@@H](NC(=O)Nc1cc(C(C)(C)C)cc(C(O)C(F)(F)F)c1OC)[C@H]2O. The summed E-state index contributed by atoms with van der Waals surface area (Å²) in [5.74, 6) is 0.288. The van der Waals surface area contributed by atoms with E-state index in [1.54, 1.807) is 39.0 Å². The lowest BCUT2D eigenvalue weighted by molar-refractivity contribution is -0.207. The Labute approximate surface area is 195 Å². The number of aliphatic hydroxyl groups excluding tert-OH is 2. The number of anilines is 1. The Kier molecular flexibility index (Phi) is 7.05. The van der Waals surface area contributed by atoms with Crippen molar-refractivity contribution in [1.82, 2.24) is 5.32 Å². The standard InChI is InChI=1S/C24H29F3N2O5/c1-23(2,3)12-9-15(21(31)24(25,26)27)20(34-5)17(10-12)29-22(32)28-16-11-14-13(19(16)30)7-6-8-18(14)33-4/h6-10,16,19,21,30-31H,11H2,1-5H3,(H2,28,29,32)/t16-,19+,21?/m1/s1. The van der Waals surface area contributed by atoms with Crippen molar-refractivity contribution in [3.05, 3.63) is 52.6 Å². The highest BCUT2D eigenvalue weighted by atomic mass is 19.4. The number of alkyl halides is 3. The fraction of sp³-hybridized carbons (Fsp3) is 0.458. The fourth-order valence-electron chi connectivity index (χ4n) is 4.06. The molecule has 3 rings (SSSR count). The number of hydrogen-bond acceptors (Lipinski definition) is 5. The van der Waals surface area contributed by atoms with Crippen molar-refractivity contribution in [3.63, 3.8) is 0 Å². The summed E-state index contributed by atoms with van der Waals surface area (Å²) in [5.41, 5.74) is 0.737. The molecule has 0 saturated carbocycles. The van der Waals surface area contributed by atoms with Crippen LogP contribution in [-0.4, -0.2) is 42.7 Å². The first kappa shape index (κ1) is 25.6. The molecule has 10 heteroatoms. The average molecular weight is 482 g/mol. The molecule has 2 aromatic rings. The Bertz CT molecular complexity index is 1070. The van der Waals surface area contributed by atoms with Gasteiger partial charge in [0.15, 0.2) is 6.10 Å². The van der Waals surface area contributed by atoms with E-state index in [9.17, 15) is 28.2 Å². The number of benzene rings is 2. The molecule has 0 radical (unpaired) electrons. The third-order valence-corrected chi connectivity index (χ3v) is 5.87. The summed E-state index contributed by atoms with van der Waals surface area (Å²) < 4.78 is 50.5. The largest absolute Gasteiger partial charge is 0.496 e. The number of urea groups is 1. The van der Waals surface area contributed by atoms with Crippen LogP contribution in [0.5, 0.6) is 11.5 Å². The van der Waals surface area contributed by atoms with Crippen molar-refractivity contribution in [2.75, 3.05) is 19.5 Å². The quantitative estimate of drug-likeness (QED) is 0.507. The van der Waals surface area contributed by atoms with Crippen LogP contribution in [0, 0.1) is 0 Å². The summed E-state index contributed by atoms with van der Waals surface area (Å²) >= 11 is 0. The van der Waals surface area contributed by atoms with E-state index in [1.807, 2.05) is 0 Å². The highest BCUT2D eigenvalue weighted by Crippen LogP contribution is 2.43. The molecule has 4 N–H and O–H groups in total. The number of carbonyl (C=O) groups is 1. The van der Waals surface area contributed by atoms with Crippen LogP contribution < -0.4 is 20.1 Å². The minimum absolute atomic E-state index is 0.0340. The van der Waals surface area contributed by atoms with Crippen molar-refractivity contribution in [2.24, 2.45) is 0 Å². The zero-order chi connectivity index (χ0) is 25.4. The van der Waals surface area contributed by atoms with Gasteiger partial charge in [-0.05, 0) is 41.2 Å². The predicted molar refractivity (Wildman–Crippen MR) is 120 cm³/mol. The summed E-state index contributed by atoms with van der Waals surface area (Å²) in [7, 11) is 2.67. The van der Waals surface area contributed by atoms with Gasteiger partial charge in [0, 0.05) is 11.1 Å². The van der Waals surface area contributed by atoms with Crippen LogP contribution in [0.25, 0.3) is 0 Å². The molecule has 0 aliphatic heterocycles. The second kappa shape index (κ2) is 9.34. The van der Waals surface area contributed by atoms with Crippen LogP contribution in [0.2, 0.25) is 0 Å². The third kappa shape index (κ3) is 5.07. The van der Waals surface area contributed by atoms with Gasteiger partial charge >= 0.3 is 12.2 Å². The van der Waals surface area contributed by atoms with Gasteiger partial charge in [-0.25, -0.2) is 4.79 Å². The number of carbonyl (C=O) groups excluding carboxylic acids is 1. The maximum Gasteiger partial charge on any atom is 0.418 e. The summed E-state index contributed by atoms with van der Waals surface area (Å²) in [6.07, 6.45) is -8.40. The summed E-state index contributed by atoms with van der Waals surface area (Å²) in [6, 6.07) is 6.54. The number of nitrogens with one attached hydrogen (secondary N) is 2. The van der Waals surface area contributed by atoms with Crippen molar-refractivity contribution in [2.45, 2.75) is 57.0 Å². The van der Waals surface area contributed by atoms with Gasteiger partial charge in [0.05, 0.1) is 32.1 Å². The van der Waals surface area contributed by atoms with E-state index in [0.29, 0.717) is 23.3 Å². The van der Waals surface area contributed by atoms with E-state index in [2.05, 4.69) is 10.6 Å². The minimum atomic E-state index is -4.93. The molecular weight excluding hydrogens is 453 g/mol. The number of methoxy groups -OCH3 is 2. The monoisotopic (exact) mass is 482 g/mol. The predicted octanol–water partition coefficient (Wildman–Crippen LogP) is 4.38. The zero-order valence-electron chi connectivity index (χ0n) is 19.6. The smallest absolute Gasteiger partial charge is 0.418 e. The zero-order valence-corrected chi connectivity index (χ0v) is 19.6. The Morgan fingerprint density at radius 2 is 1.82 bits per heavy atom. The molecule has 0 aromatic heterocycles. The molecule has 0 heterocycles. The van der Waals surface area contributed by atoms with Crippen LogP contribution in [-0.2, 0) is 11.8 Å². The van der Waals surface area contributed by atoms with Crippen molar-refractivity contribution >= 4 is 11.7 Å². The molecule has 0 fully saturated rings. The van der Waals surface area contributed by atoms with Crippen LogP contribution in [0.1, 0.15) is 55.2 Å².